The lowest BCUT2D eigenvalue weighted by molar-refractivity contribution is 0.623. The predicted octanol–water partition coefficient (Wildman–Crippen LogP) is 1.59. The van der Waals surface area contributed by atoms with Gasteiger partial charge in [0.05, 0.1) is 12.5 Å². The number of rotatable bonds is 1. The Hall–Kier alpha value is -1.45. The van der Waals surface area contributed by atoms with E-state index in [1.165, 1.54) is 12.3 Å². The largest absolute Gasteiger partial charge is 0.316 e. The second-order valence-corrected chi connectivity index (χ2v) is 2.53. The van der Waals surface area contributed by atoms with Crippen LogP contribution in [0.5, 0.6) is 0 Å². The molecule has 0 aromatic carbocycles. The van der Waals surface area contributed by atoms with E-state index in [0.717, 1.165) is 12.2 Å². The number of hydrogen-bond donors (Lipinski definition) is 0. The van der Waals surface area contributed by atoms with E-state index in [-0.39, 0.29) is 5.82 Å². The zero-order valence-electron chi connectivity index (χ0n) is 6.66. The van der Waals surface area contributed by atoms with Gasteiger partial charge in [-0.2, -0.15) is 0 Å². The van der Waals surface area contributed by atoms with Gasteiger partial charge in [0.15, 0.2) is 5.65 Å². The van der Waals surface area contributed by atoms with Crippen LogP contribution in [0.4, 0.5) is 4.39 Å². The van der Waals surface area contributed by atoms with Crippen molar-refractivity contribution in [2.24, 2.45) is 0 Å². The molecule has 0 saturated heterocycles. The minimum atomic E-state index is -0.344. The van der Waals surface area contributed by atoms with Crippen molar-refractivity contribution in [2.45, 2.75) is 13.5 Å². The van der Waals surface area contributed by atoms with Crippen LogP contribution in [0.3, 0.4) is 0 Å². The van der Waals surface area contributed by atoms with E-state index in [1.807, 2.05) is 11.5 Å². The van der Waals surface area contributed by atoms with Gasteiger partial charge in [0.2, 0.25) is 0 Å². The molecule has 0 fully saturated rings. The highest BCUT2D eigenvalue weighted by atomic mass is 19.1. The second kappa shape index (κ2) is 2.55. The molecule has 4 heteroatoms. The Morgan fingerprint density at radius 3 is 3.08 bits per heavy atom. The topological polar surface area (TPSA) is 30.7 Å². The highest BCUT2D eigenvalue weighted by Gasteiger charge is 2.02. The third-order valence-electron chi connectivity index (χ3n) is 1.76. The van der Waals surface area contributed by atoms with E-state index >= 15 is 0 Å². The maximum absolute atomic E-state index is 12.6. The number of aryl methyl sites for hydroxylation is 1. The summed E-state index contributed by atoms with van der Waals surface area (Å²) in [6.45, 7) is 2.79. The Morgan fingerprint density at radius 1 is 1.50 bits per heavy atom. The molecule has 2 aromatic rings. The number of pyridine rings is 1. The fourth-order valence-electron chi connectivity index (χ4n) is 1.16. The van der Waals surface area contributed by atoms with E-state index in [9.17, 15) is 4.39 Å². The van der Waals surface area contributed by atoms with Crippen molar-refractivity contribution in [1.29, 1.82) is 0 Å². The van der Waals surface area contributed by atoms with Crippen LogP contribution < -0.4 is 0 Å². The molecule has 3 nitrogen and oxygen atoms in total. The van der Waals surface area contributed by atoms with E-state index in [2.05, 4.69) is 9.97 Å². The summed E-state index contributed by atoms with van der Waals surface area (Å²) in [5.41, 5.74) is 1.34. The van der Waals surface area contributed by atoms with E-state index in [4.69, 9.17) is 0 Å². The van der Waals surface area contributed by atoms with Crippen LogP contribution >= 0.6 is 0 Å². The number of nitrogens with zero attached hydrogens (tertiary/aromatic N) is 3. The summed E-state index contributed by atoms with van der Waals surface area (Å²) >= 11 is 0. The Kier molecular flexibility index (Phi) is 1.53. The molecule has 0 radical (unpaired) electrons. The number of hydrogen-bond acceptors (Lipinski definition) is 2. The van der Waals surface area contributed by atoms with Gasteiger partial charge >= 0.3 is 0 Å². The Balaban J connectivity index is 2.73. The molecule has 0 saturated carbocycles. The first-order chi connectivity index (χ1) is 5.81. The van der Waals surface area contributed by atoms with Gasteiger partial charge in [-0.15, -0.1) is 0 Å². The lowest BCUT2D eigenvalue weighted by Gasteiger charge is -1.95. The third kappa shape index (κ3) is 0.958. The monoisotopic (exact) mass is 165 g/mol. The van der Waals surface area contributed by atoms with Crippen LogP contribution in [0.25, 0.3) is 11.2 Å². The van der Waals surface area contributed by atoms with Gasteiger partial charge in [0.25, 0.3) is 0 Å². The van der Waals surface area contributed by atoms with Crippen LogP contribution in [0, 0.1) is 5.82 Å². The first kappa shape index (κ1) is 7.21. The average molecular weight is 165 g/mol. The summed E-state index contributed by atoms with van der Waals surface area (Å²) in [5, 5.41) is 0. The molecule has 0 amide bonds. The lowest BCUT2D eigenvalue weighted by Crippen LogP contribution is -1.92. The fraction of sp³-hybridized carbons (Fsp3) is 0.250. The van der Waals surface area contributed by atoms with Crippen molar-refractivity contribution < 1.29 is 4.39 Å². The van der Waals surface area contributed by atoms with Crippen LogP contribution in [0.15, 0.2) is 18.6 Å². The average Bonchev–Trinajstić information content (AvgIpc) is 2.46. The molecule has 12 heavy (non-hydrogen) atoms. The summed E-state index contributed by atoms with van der Waals surface area (Å²) in [4.78, 5) is 7.95. The van der Waals surface area contributed by atoms with Gasteiger partial charge in [0, 0.05) is 12.6 Å². The van der Waals surface area contributed by atoms with Crippen LogP contribution in [0.1, 0.15) is 6.92 Å². The molecule has 2 aromatic heterocycles. The quantitative estimate of drug-likeness (QED) is 0.642. The Labute approximate surface area is 68.9 Å². The Bertz CT molecular complexity index is 408. The van der Waals surface area contributed by atoms with Crippen molar-refractivity contribution in [3.63, 3.8) is 0 Å². The van der Waals surface area contributed by atoms with Crippen LogP contribution in [-0.4, -0.2) is 14.5 Å². The Morgan fingerprint density at radius 2 is 2.33 bits per heavy atom. The fourth-order valence-corrected chi connectivity index (χ4v) is 1.16. The summed E-state index contributed by atoms with van der Waals surface area (Å²) in [6, 6.07) is 1.38. The smallest absolute Gasteiger partial charge is 0.159 e. The standard InChI is InChI=1S/C8H8FN3/c1-2-12-5-11-7-3-6(9)4-10-8(7)12/h3-5H,2H2,1H3. The molecule has 0 unspecified atom stereocenters. The van der Waals surface area contributed by atoms with E-state index in [1.54, 1.807) is 6.33 Å². The molecule has 0 N–H and O–H groups in total. The molecule has 2 heterocycles. The maximum Gasteiger partial charge on any atom is 0.159 e. The van der Waals surface area contributed by atoms with Crippen molar-refractivity contribution >= 4 is 11.2 Å². The molecule has 0 aliphatic rings. The molecule has 0 aliphatic carbocycles. The van der Waals surface area contributed by atoms with Gasteiger partial charge in [-0.25, -0.2) is 14.4 Å². The predicted molar refractivity (Wildman–Crippen MR) is 43.2 cm³/mol. The number of halogens is 1. The SMILES string of the molecule is CCn1cnc2cc(F)cnc21. The number of aromatic nitrogens is 3. The van der Waals surface area contributed by atoms with Gasteiger partial charge in [-0.05, 0) is 6.92 Å². The zero-order valence-corrected chi connectivity index (χ0v) is 6.66. The third-order valence-corrected chi connectivity index (χ3v) is 1.76. The highest BCUT2D eigenvalue weighted by Crippen LogP contribution is 2.10. The first-order valence-corrected chi connectivity index (χ1v) is 3.77. The van der Waals surface area contributed by atoms with Crippen molar-refractivity contribution in [3.05, 3.63) is 24.4 Å². The van der Waals surface area contributed by atoms with Gasteiger partial charge in [-0.1, -0.05) is 0 Å². The molecular formula is C8H8FN3. The summed E-state index contributed by atoms with van der Waals surface area (Å²) in [5.74, 6) is -0.344. The lowest BCUT2D eigenvalue weighted by atomic mass is 10.4. The molecule has 0 spiro atoms. The molecule has 0 atom stereocenters. The number of imidazole rings is 1. The molecule has 2 rings (SSSR count). The van der Waals surface area contributed by atoms with E-state index in [0.29, 0.717) is 5.52 Å². The minimum Gasteiger partial charge on any atom is -0.316 e. The normalized spacial score (nSPS) is 10.8. The van der Waals surface area contributed by atoms with Gasteiger partial charge in [-0.3, -0.25) is 0 Å². The molecule has 62 valence electrons. The van der Waals surface area contributed by atoms with Crippen molar-refractivity contribution in [2.75, 3.05) is 0 Å². The summed E-state index contributed by atoms with van der Waals surface area (Å²) in [7, 11) is 0. The summed E-state index contributed by atoms with van der Waals surface area (Å²) < 4.78 is 14.5. The first-order valence-electron chi connectivity index (χ1n) is 3.77. The summed E-state index contributed by atoms with van der Waals surface area (Å²) in [6.07, 6.45) is 2.87. The van der Waals surface area contributed by atoms with Gasteiger partial charge in [0.1, 0.15) is 11.3 Å². The second-order valence-electron chi connectivity index (χ2n) is 2.53. The minimum absolute atomic E-state index is 0.344. The molecular weight excluding hydrogens is 157 g/mol. The van der Waals surface area contributed by atoms with Crippen molar-refractivity contribution in [3.8, 4) is 0 Å². The zero-order chi connectivity index (χ0) is 8.55. The highest BCUT2D eigenvalue weighted by molar-refractivity contribution is 5.70. The van der Waals surface area contributed by atoms with Gasteiger partial charge < -0.3 is 4.57 Å². The number of fused-ring (bicyclic) bond motifs is 1. The van der Waals surface area contributed by atoms with Crippen LogP contribution in [0.2, 0.25) is 0 Å². The maximum atomic E-state index is 12.6. The van der Waals surface area contributed by atoms with E-state index < -0.39 is 0 Å². The van der Waals surface area contributed by atoms with Crippen LogP contribution in [-0.2, 0) is 6.54 Å². The molecule has 0 aliphatic heterocycles. The molecule has 0 bridgehead atoms. The van der Waals surface area contributed by atoms with Crippen molar-refractivity contribution in [1.82, 2.24) is 14.5 Å².